The molecule has 8 heteroatoms. The topological polar surface area (TPSA) is 112 Å². The van der Waals surface area contributed by atoms with Crippen molar-refractivity contribution < 1.29 is 9.72 Å². The predicted molar refractivity (Wildman–Crippen MR) is 103 cm³/mol. The van der Waals surface area contributed by atoms with Crippen molar-refractivity contribution in [3.05, 3.63) is 75.3 Å². The Morgan fingerprint density at radius 2 is 1.93 bits per heavy atom. The van der Waals surface area contributed by atoms with E-state index in [0.717, 1.165) is 11.3 Å². The van der Waals surface area contributed by atoms with E-state index >= 15 is 0 Å². The Hall–Kier alpha value is -3.99. The standard InChI is InChI=1S/C19H17N5O3/c1-23(2)17-8-6-14(7-9-17)13-21-22-19(25)16(12-20)10-15-4-3-5-18(11-15)24(26)27/h3-11,13H,1-2H3,(H,22,25). The first-order valence-electron chi connectivity index (χ1n) is 7.88. The van der Waals surface area contributed by atoms with Crippen LogP contribution in [0.5, 0.6) is 0 Å². The average Bonchev–Trinajstić information content (AvgIpc) is 2.66. The molecular formula is C19H17N5O3. The lowest BCUT2D eigenvalue weighted by molar-refractivity contribution is -0.384. The van der Waals surface area contributed by atoms with E-state index in [1.807, 2.05) is 43.3 Å². The highest BCUT2D eigenvalue weighted by Gasteiger charge is 2.10. The van der Waals surface area contributed by atoms with Gasteiger partial charge in [0.15, 0.2) is 0 Å². The number of non-ortho nitro benzene ring substituents is 1. The molecule has 136 valence electrons. The Bertz CT molecular complexity index is 941. The Labute approximate surface area is 156 Å². The van der Waals surface area contributed by atoms with E-state index in [0.29, 0.717) is 5.56 Å². The average molecular weight is 363 g/mol. The number of carbonyl (C=O) groups is 1. The van der Waals surface area contributed by atoms with Gasteiger partial charge in [-0.1, -0.05) is 24.3 Å². The Kier molecular flexibility index (Phi) is 6.39. The van der Waals surface area contributed by atoms with Gasteiger partial charge in [0.05, 0.1) is 11.1 Å². The van der Waals surface area contributed by atoms with Crippen LogP contribution in [0, 0.1) is 21.4 Å². The molecule has 1 N–H and O–H groups in total. The zero-order valence-corrected chi connectivity index (χ0v) is 14.8. The van der Waals surface area contributed by atoms with Gasteiger partial charge in [0.1, 0.15) is 11.6 Å². The normalized spacial score (nSPS) is 11.1. The number of nitro groups is 1. The van der Waals surface area contributed by atoms with Gasteiger partial charge < -0.3 is 4.90 Å². The van der Waals surface area contributed by atoms with E-state index in [1.54, 1.807) is 12.1 Å². The third-order valence-electron chi connectivity index (χ3n) is 3.55. The van der Waals surface area contributed by atoms with Crippen molar-refractivity contribution >= 4 is 29.6 Å². The van der Waals surface area contributed by atoms with Crippen molar-refractivity contribution in [2.24, 2.45) is 5.10 Å². The van der Waals surface area contributed by atoms with Crippen LogP contribution in [-0.4, -0.2) is 31.1 Å². The van der Waals surface area contributed by atoms with Crippen molar-refractivity contribution in [2.75, 3.05) is 19.0 Å². The van der Waals surface area contributed by atoms with Crippen molar-refractivity contribution in [1.82, 2.24) is 5.43 Å². The number of hydrazone groups is 1. The molecule has 8 nitrogen and oxygen atoms in total. The summed E-state index contributed by atoms with van der Waals surface area (Å²) in [6.45, 7) is 0. The van der Waals surface area contributed by atoms with Crippen LogP contribution in [0.15, 0.2) is 59.2 Å². The molecule has 2 aromatic carbocycles. The summed E-state index contributed by atoms with van der Waals surface area (Å²) in [4.78, 5) is 24.3. The molecule has 0 heterocycles. The van der Waals surface area contributed by atoms with Gasteiger partial charge in [0, 0.05) is 31.9 Å². The fourth-order valence-electron chi connectivity index (χ4n) is 2.13. The molecule has 2 aromatic rings. The number of benzene rings is 2. The third kappa shape index (κ3) is 5.51. The summed E-state index contributed by atoms with van der Waals surface area (Å²) in [5, 5.41) is 23.8. The summed E-state index contributed by atoms with van der Waals surface area (Å²) >= 11 is 0. The van der Waals surface area contributed by atoms with Gasteiger partial charge in [0.2, 0.25) is 0 Å². The second-order valence-electron chi connectivity index (χ2n) is 5.71. The Balaban J connectivity index is 2.07. The molecule has 0 bridgehead atoms. The predicted octanol–water partition coefficient (Wildman–Crippen LogP) is 2.72. The summed E-state index contributed by atoms with van der Waals surface area (Å²) in [5.74, 6) is -0.704. The molecule has 0 atom stereocenters. The van der Waals surface area contributed by atoms with Gasteiger partial charge in [-0.25, -0.2) is 5.43 Å². The summed E-state index contributed by atoms with van der Waals surface area (Å²) in [7, 11) is 3.86. The van der Waals surface area contributed by atoms with Gasteiger partial charge >= 0.3 is 0 Å². The highest BCUT2D eigenvalue weighted by molar-refractivity contribution is 6.02. The van der Waals surface area contributed by atoms with E-state index in [-0.39, 0.29) is 11.3 Å². The number of nitrogens with zero attached hydrogens (tertiary/aromatic N) is 4. The molecule has 2 rings (SSSR count). The summed E-state index contributed by atoms with van der Waals surface area (Å²) in [5.41, 5.74) is 4.12. The lowest BCUT2D eigenvalue weighted by Gasteiger charge is -2.11. The van der Waals surface area contributed by atoms with Crippen molar-refractivity contribution in [2.45, 2.75) is 0 Å². The third-order valence-corrected chi connectivity index (χ3v) is 3.55. The monoisotopic (exact) mass is 363 g/mol. The van der Waals surface area contributed by atoms with Crippen LogP contribution in [0.2, 0.25) is 0 Å². The molecule has 0 saturated carbocycles. The first-order valence-corrected chi connectivity index (χ1v) is 7.88. The summed E-state index contributed by atoms with van der Waals surface area (Å²) in [6, 6.07) is 14.9. The van der Waals surface area contributed by atoms with Crippen LogP contribution in [-0.2, 0) is 4.79 Å². The Morgan fingerprint density at radius 3 is 2.52 bits per heavy atom. The van der Waals surface area contributed by atoms with E-state index in [9.17, 15) is 14.9 Å². The number of nitriles is 1. The van der Waals surface area contributed by atoms with Crippen molar-refractivity contribution in [3.63, 3.8) is 0 Å². The molecule has 0 saturated heterocycles. The summed E-state index contributed by atoms with van der Waals surface area (Å²) < 4.78 is 0. The molecule has 27 heavy (non-hydrogen) atoms. The van der Waals surface area contributed by atoms with Crippen LogP contribution in [0.1, 0.15) is 11.1 Å². The minimum Gasteiger partial charge on any atom is -0.378 e. The van der Waals surface area contributed by atoms with Gasteiger partial charge in [-0.3, -0.25) is 14.9 Å². The van der Waals surface area contributed by atoms with E-state index < -0.39 is 10.8 Å². The van der Waals surface area contributed by atoms with Crippen molar-refractivity contribution in [3.8, 4) is 6.07 Å². The molecule has 0 aliphatic rings. The largest absolute Gasteiger partial charge is 0.378 e. The fraction of sp³-hybridized carbons (Fsp3) is 0.105. The minimum atomic E-state index is -0.704. The highest BCUT2D eigenvalue weighted by atomic mass is 16.6. The molecule has 0 aromatic heterocycles. The maximum absolute atomic E-state index is 12.1. The number of amides is 1. The number of nitro benzene ring substituents is 1. The molecule has 0 fully saturated rings. The molecular weight excluding hydrogens is 346 g/mol. The minimum absolute atomic E-state index is 0.124. The van der Waals surface area contributed by atoms with Crippen LogP contribution >= 0.6 is 0 Å². The number of hydrogen-bond donors (Lipinski definition) is 1. The van der Waals surface area contributed by atoms with E-state index in [2.05, 4.69) is 10.5 Å². The zero-order valence-electron chi connectivity index (χ0n) is 14.8. The van der Waals surface area contributed by atoms with Gasteiger partial charge in [-0.05, 0) is 29.3 Å². The highest BCUT2D eigenvalue weighted by Crippen LogP contribution is 2.15. The SMILES string of the molecule is CN(C)c1ccc(C=NNC(=O)C(C#N)=Cc2cccc([N+](=O)[O-])c2)cc1. The molecule has 0 unspecified atom stereocenters. The van der Waals surface area contributed by atoms with Crippen LogP contribution in [0.3, 0.4) is 0 Å². The second-order valence-corrected chi connectivity index (χ2v) is 5.71. The Morgan fingerprint density at radius 1 is 1.22 bits per heavy atom. The molecule has 0 spiro atoms. The lowest BCUT2D eigenvalue weighted by atomic mass is 10.1. The fourth-order valence-corrected chi connectivity index (χ4v) is 2.13. The smallest absolute Gasteiger partial charge is 0.282 e. The van der Waals surface area contributed by atoms with Crippen LogP contribution in [0.4, 0.5) is 11.4 Å². The lowest BCUT2D eigenvalue weighted by Crippen LogP contribution is -2.19. The molecule has 0 aliphatic carbocycles. The maximum atomic E-state index is 12.1. The second kappa shape index (κ2) is 8.92. The van der Waals surface area contributed by atoms with Gasteiger partial charge in [-0.2, -0.15) is 10.4 Å². The zero-order chi connectivity index (χ0) is 19.8. The number of nitrogens with one attached hydrogen (secondary N) is 1. The van der Waals surface area contributed by atoms with Crippen molar-refractivity contribution in [1.29, 1.82) is 5.26 Å². The van der Waals surface area contributed by atoms with E-state index in [1.165, 1.54) is 30.5 Å². The first kappa shape index (κ1) is 19.3. The molecule has 0 aliphatic heterocycles. The number of hydrogen-bond acceptors (Lipinski definition) is 6. The van der Waals surface area contributed by atoms with Crippen LogP contribution < -0.4 is 10.3 Å². The summed E-state index contributed by atoms with van der Waals surface area (Å²) in [6.07, 6.45) is 2.73. The number of anilines is 1. The number of rotatable bonds is 6. The maximum Gasteiger partial charge on any atom is 0.282 e. The quantitative estimate of drug-likeness (QED) is 0.279. The molecule has 0 radical (unpaired) electrons. The molecule has 1 amide bonds. The van der Waals surface area contributed by atoms with Gasteiger partial charge in [0.25, 0.3) is 11.6 Å². The first-order chi connectivity index (χ1) is 12.9. The van der Waals surface area contributed by atoms with Gasteiger partial charge in [-0.15, -0.1) is 0 Å². The van der Waals surface area contributed by atoms with E-state index in [4.69, 9.17) is 5.26 Å². The number of carbonyl (C=O) groups excluding carboxylic acids is 1. The van der Waals surface area contributed by atoms with Crippen LogP contribution in [0.25, 0.3) is 6.08 Å².